The Morgan fingerprint density at radius 1 is 1.41 bits per heavy atom. The minimum Gasteiger partial charge on any atom is -0.483 e. The summed E-state index contributed by atoms with van der Waals surface area (Å²) in [5, 5.41) is 13.7. The number of carbonyl (C=O) groups is 2. The molecule has 1 aromatic heterocycles. The molecule has 29 heavy (non-hydrogen) atoms. The molecule has 3 heterocycles. The van der Waals surface area contributed by atoms with Crippen molar-refractivity contribution >= 4 is 28.3 Å². The standard InChI is InChI=1S/C20H23N3O5S/c1-20(2)6-13-4-3-5-15(17(13)28-20)27-10-16(25)22-19-21-14(11-29-19)18(26)23-7-12(8-23)9-24/h3-5,11-12,24H,6-10H2,1-2H3,(H,21,22,25). The molecule has 2 aliphatic heterocycles. The van der Waals surface area contributed by atoms with Crippen molar-refractivity contribution in [2.45, 2.75) is 25.9 Å². The number of aliphatic hydroxyl groups excluding tert-OH is 1. The maximum absolute atomic E-state index is 12.3. The van der Waals surface area contributed by atoms with E-state index in [1.54, 1.807) is 16.3 Å². The summed E-state index contributed by atoms with van der Waals surface area (Å²) in [5.74, 6) is 0.806. The van der Waals surface area contributed by atoms with Crippen molar-refractivity contribution < 1.29 is 24.2 Å². The predicted molar refractivity (Wildman–Crippen MR) is 108 cm³/mol. The average Bonchev–Trinajstić information content (AvgIpc) is 3.21. The minimum atomic E-state index is -0.363. The monoisotopic (exact) mass is 417 g/mol. The van der Waals surface area contributed by atoms with Gasteiger partial charge in [-0.3, -0.25) is 14.9 Å². The number of fused-ring (bicyclic) bond motifs is 1. The molecular formula is C20H23N3O5S. The van der Waals surface area contributed by atoms with Crippen LogP contribution in [-0.2, 0) is 11.2 Å². The number of amides is 2. The van der Waals surface area contributed by atoms with E-state index in [1.165, 1.54) is 11.3 Å². The summed E-state index contributed by atoms with van der Waals surface area (Å²) in [6.45, 7) is 4.97. The molecular weight excluding hydrogens is 394 g/mol. The molecule has 1 aromatic carbocycles. The smallest absolute Gasteiger partial charge is 0.273 e. The van der Waals surface area contributed by atoms with Gasteiger partial charge in [-0.25, -0.2) is 4.98 Å². The summed E-state index contributed by atoms with van der Waals surface area (Å²) in [6, 6.07) is 5.65. The van der Waals surface area contributed by atoms with Crippen LogP contribution in [0.3, 0.4) is 0 Å². The van der Waals surface area contributed by atoms with E-state index in [-0.39, 0.29) is 36.5 Å². The van der Waals surface area contributed by atoms with E-state index >= 15 is 0 Å². The molecule has 0 bridgehead atoms. The highest BCUT2D eigenvalue weighted by atomic mass is 32.1. The van der Waals surface area contributed by atoms with Gasteiger partial charge in [0, 0.05) is 43.0 Å². The van der Waals surface area contributed by atoms with Crippen LogP contribution in [0.1, 0.15) is 29.9 Å². The van der Waals surface area contributed by atoms with Crippen LogP contribution in [-0.4, -0.2) is 58.7 Å². The van der Waals surface area contributed by atoms with Gasteiger partial charge in [-0.1, -0.05) is 12.1 Å². The summed E-state index contributed by atoms with van der Waals surface area (Å²) in [5.41, 5.74) is 1.06. The van der Waals surface area contributed by atoms with Crippen molar-refractivity contribution in [3.63, 3.8) is 0 Å². The van der Waals surface area contributed by atoms with Gasteiger partial charge in [0.1, 0.15) is 11.3 Å². The Balaban J connectivity index is 1.31. The van der Waals surface area contributed by atoms with Crippen molar-refractivity contribution in [2.75, 3.05) is 31.6 Å². The Kier molecular flexibility index (Phi) is 5.18. The third-order valence-corrected chi connectivity index (χ3v) is 5.64. The molecule has 2 aromatic rings. The van der Waals surface area contributed by atoms with Crippen LogP contribution >= 0.6 is 11.3 Å². The summed E-state index contributed by atoms with van der Waals surface area (Å²) < 4.78 is 11.6. The van der Waals surface area contributed by atoms with Crippen LogP contribution < -0.4 is 14.8 Å². The Morgan fingerprint density at radius 2 is 2.21 bits per heavy atom. The molecule has 2 N–H and O–H groups in total. The fraction of sp³-hybridized carbons (Fsp3) is 0.450. The van der Waals surface area contributed by atoms with Gasteiger partial charge in [-0.2, -0.15) is 0 Å². The van der Waals surface area contributed by atoms with Crippen LogP contribution in [0.4, 0.5) is 5.13 Å². The first-order valence-corrected chi connectivity index (χ1v) is 10.3. The second-order valence-electron chi connectivity index (χ2n) is 7.92. The van der Waals surface area contributed by atoms with Crippen molar-refractivity contribution in [3.8, 4) is 11.5 Å². The van der Waals surface area contributed by atoms with E-state index in [1.807, 2.05) is 26.0 Å². The first-order valence-electron chi connectivity index (χ1n) is 9.44. The zero-order valence-electron chi connectivity index (χ0n) is 16.3. The van der Waals surface area contributed by atoms with Crippen LogP contribution in [0, 0.1) is 5.92 Å². The molecule has 9 heteroatoms. The zero-order chi connectivity index (χ0) is 20.6. The Morgan fingerprint density at radius 3 is 2.97 bits per heavy atom. The lowest BCUT2D eigenvalue weighted by atomic mass is 10.0. The molecule has 154 valence electrons. The molecule has 4 rings (SSSR count). The van der Waals surface area contributed by atoms with Gasteiger partial charge in [0.05, 0.1) is 0 Å². The SMILES string of the molecule is CC1(C)Cc2cccc(OCC(=O)Nc3nc(C(=O)N4CC(CO)C4)cs3)c2O1. The van der Waals surface area contributed by atoms with Crippen LogP contribution in [0.2, 0.25) is 0 Å². The average molecular weight is 417 g/mol. The topological polar surface area (TPSA) is 101 Å². The number of likely N-dealkylation sites (tertiary alicyclic amines) is 1. The number of hydrogen-bond acceptors (Lipinski definition) is 7. The molecule has 0 spiro atoms. The number of aliphatic hydroxyl groups is 1. The fourth-order valence-electron chi connectivity index (χ4n) is 3.44. The van der Waals surface area contributed by atoms with E-state index in [9.17, 15) is 9.59 Å². The van der Waals surface area contributed by atoms with E-state index < -0.39 is 0 Å². The third kappa shape index (κ3) is 4.20. The number of rotatable bonds is 6. The maximum Gasteiger partial charge on any atom is 0.273 e. The lowest BCUT2D eigenvalue weighted by Crippen LogP contribution is -2.51. The molecule has 0 radical (unpaired) electrons. The summed E-state index contributed by atoms with van der Waals surface area (Å²) >= 11 is 1.19. The highest BCUT2D eigenvalue weighted by Crippen LogP contribution is 2.41. The van der Waals surface area contributed by atoms with Gasteiger partial charge in [0.15, 0.2) is 23.2 Å². The summed E-state index contributed by atoms with van der Waals surface area (Å²) in [6.07, 6.45) is 0.789. The number of aromatic nitrogens is 1. The molecule has 1 fully saturated rings. The Labute approximate surface area is 172 Å². The van der Waals surface area contributed by atoms with Crippen LogP contribution in [0.15, 0.2) is 23.6 Å². The highest BCUT2D eigenvalue weighted by molar-refractivity contribution is 7.14. The van der Waals surface area contributed by atoms with Gasteiger partial charge < -0.3 is 19.5 Å². The number of nitrogens with zero attached hydrogens (tertiary/aromatic N) is 2. The lowest BCUT2D eigenvalue weighted by molar-refractivity contribution is -0.118. The molecule has 0 aliphatic carbocycles. The number of nitrogens with one attached hydrogen (secondary N) is 1. The first-order chi connectivity index (χ1) is 13.8. The number of carbonyl (C=O) groups excluding carboxylic acids is 2. The third-order valence-electron chi connectivity index (χ3n) is 4.89. The molecule has 0 unspecified atom stereocenters. The second kappa shape index (κ2) is 7.64. The molecule has 8 nitrogen and oxygen atoms in total. The molecule has 0 atom stereocenters. The normalized spacial score (nSPS) is 17.3. The number of thiazole rings is 1. The largest absolute Gasteiger partial charge is 0.483 e. The fourth-order valence-corrected chi connectivity index (χ4v) is 4.14. The van der Waals surface area contributed by atoms with E-state index in [4.69, 9.17) is 14.6 Å². The van der Waals surface area contributed by atoms with Gasteiger partial charge in [0.25, 0.3) is 11.8 Å². The second-order valence-corrected chi connectivity index (χ2v) is 8.77. The van der Waals surface area contributed by atoms with Crippen molar-refractivity contribution in [3.05, 3.63) is 34.8 Å². The van der Waals surface area contributed by atoms with Crippen LogP contribution in [0.5, 0.6) is 11.5 Å². The van der Waals surface area contributed by atoms with Crippen molar-refractivity contribution in [1.82, 2.24) is 9.88 Å². The lowest BCUT2D eigenvalue weighted by Gasteiger charge is -2.37. The number of hydrogen-bond donors (Lipinski definition) is 2. The van der Waals surface area contributed by atoms with Gasteiger partial charge >= 0.3 is 0 Å². The number of para-hydroxylation sites is 1. The molecule has 2 amide bonds. The zero-order valence-corrected chi connectivity index (χ0v) is 17.1. The van der Waals surface area contributed by atoms with Gasteiger partial charge in [-0.05, 0) is 19.9 Å². The predicted octanol–water partition coefficient (Wildman–Crippen LogP) is 1.94. The van der Waals surface area contributed by atoms with E-state index in [0.29, 0.717) is 35.4 Å². The first kappa shape index (κ1) is 19.7. The summed E-state index contributed by atoms with van der Waals surface area (Å²) in [7, 11) is 0. The van der Waals surface area contributed by atoms with Crippen LogP contribution in [0.25, 0.3) is 0 Å². The highest BCUT2D eigenvalue weighted by Gasteiger charge is 2.33. The Hall–Kier alpha value is -2.65. The van der Waals surface area contributed by atoms with Crippen molar-refractivity contribution in [2.24, 2.45) is 5.92 Å². The number of anilines is 1. The Bertz CT molecular complexity index is 936. The maximum atomic E-state index is 12.3. The van der Waals surface area contributed by atoms with E-state index in [0.717, 1.165) is 12.0 Å². The number of ether oxygens (including phenoxy) is 2. The van der Waals surface area contributed by atoms with Gasteiger partial charge in [0.2, 0.25) is 0 Å². The number of benzene rings is 1. The molecule has 2 aliphatic rings. The van der Waals surface area contributed by atoms with E-state index in [2.05, 4.69) is 10.3 Å². The van der Waals surface area contributed by atoms with Crippen molar-refractivity contribution in [1.29, 1.82) is 0 Å². The summed E-state index contributed by atoms with van der Waals surface area (Å²) in [4.78, 5) is 30.4. The molecule has 1 saturated heterocycles. The quantitative estimate of drug-likeness (QED) is 0.745. The minimum absolute atomic E-state index is 0.0787. The molecule has 0 saturated carbocycles. The van der Waals surface area contributed by atoms with Gasteiger partial charge in [-0.15, -0.1) is 11.3 Å².